The van der Waals surface area contributed by atoms with Crippen molar-refractivity contribution in [3.8, 4) is 17.0 Å². The number of carbonyl (C=O) groups is 1. The fourth-order valence-electron chi connectivity index (χ4n) is 1.90. The Morgan fingerprint density at radius 1 is 1.09 bits per heavy atom. The van der Waals surface area contributed by atoms with E-state index in [1.807, 2.05) is 18.2 Å². The predicted octanol–water partition coefficient (Wildman–Crippen LogP) is 3.41. The molecule has 7 heteroatoms. The largest absolute Gasteiger partial charge is 0.484 e. The minimum absolute atomic E-state index is 0.142. The van der Waals surface area contributed by atoms with Gasteiger partial charge in [-0.25, -0.2) is 4.63 Å². The molecule has 0 spiro atoms. The number of amides is 1. The van der Waals surface area contributed by atoms with E-state index >= 15 is 0 Å². The van der Waals surface area contributed by atoms with E-state index in [4.69, 9.17) is 21.0 Å². The Kier molecular flexibility index (Phi) is 4.54. The molecular weight excluding hydrogens is 318 g/mol. The van der Waals surface area contributed by atoms with Gasteiger partial charge in [0, 0.05) is 10.6 Å². The van der Waals surface area contributed by atoms with Crippen LogP contribution in [0.3, 0.4) is 0 Å². The van der Waals surface area contributed by atoms with Gasteiger partial charge in [0.05, 0.1) is 0 Å². The molecule has 2 aromatic carbocycles. The van der Waals surface area contributed by atoms with Crippen molar-refractivity contribution in [3.63, 3.8) is 0 Å². The third-order valence-corrected chi connectivity index (χ3v) is 3.23. The number of halogens is 1. The minimum Gasteiger partial charge on any atom is -0.484 e. The number of benzene rings is 2. The maximum atomic E-state index is 12.0. The van der Waals surface area contributed by atoms with Gasteiger partial charge in [-0.1, -0.05) is 41.9 Å². The first-order chi connectivity index (χ1) is 11.2. The van der Waals surface area contributed by atoms with Gasteiger partial charge in [0.1, 0.15) is 5.75 Å². The highest BCUT2D eigenvalue weighted by molar-refractivity contribution is 6.30. The van der Waals surface area contributed by atoms with Gasteiger partial charge in [-0.3, -0.25) is 4.79 Å². The van der Waals surface area contributed by atoms with Crippen LogP contribution in [-0.2, 0) is 4.79 Å². The summed E-state index contributed by atoms with van der Waals surface area (Å²) in [5.74, 6) is 0.479. The van der Waals surface area contributed by atoms with Crippen molar-refractivity contribution < 1.29 is 14.2 Å². The Labute approximate surface area is 137 Å². The first-order valence-corrected chi connectivity index (χ1v) is 7.16. The fourth-order valence-corrected chi connectivity index (χ4v) is 2.03. The molecule has 1 N–H and O–H groups in total. The highest BCUT2D eigenvalue weighted by Gasteiger charge is 2.15. The Bertz CT molecular complexity index is 788. The monoisotopic (exact) mass is 329 g/mol. The van der Waals surface area contributed by atoms with Crippen LogP contribution in [0.15, 0.2) is 59.2 Å². The molecular formula is C16H12ClN3O3. The Balaban J connectivity index is 1.65. The van der Waals surface area contributed by atoms with Crippen molar-refractivity contribution in [2.45, 2.75) is 0 Å². The number of para-hydroxylation sites is 1. The molecule has 0 aliphatic heterocycles. The molecule has 1 amide bonds. The lowest BCUT2D eigenvalue weighted by molar-refractivity contribution is -0.118. The number of aromatic nitrogens is 2. The fraction of sp³-hybridized carbons (Fsp3) is 0.0625. The average molecular weight is 330 g/mol. The van der Waals surface area contributed by atoms with Gasteiger partial charge in [-0.15, -0.1) is 0 Å². The van der Waals surface area contributed by atoms with E-state index < -0.39 is 0 Å². The number of rotatable bonds is 5. The molecule has 0 unspecified atom stereocenters. The summed E-state index contributed by atoms with van der Waals surface area (Å²) in [6.45, 7) is -0.142. The van der Waals surface area contributed by atoms with Crippen molar-refractivity contribution >= 4 is 23.3 Å². The van der Waals surface area contributed by atoms with Gasteiger partial charge in [-0.2, -0.15) is 0 Å². The summed E-state index contributed by atoms with van der Waals surface area (Å²) in [4.78, 5) is 12.0. The van der Waals surface area contributed by atoms with E-state index in [1.165, 1.54) is 0 Å². The van der Waals surface area contributed by atoms with Crippen LogP contribution in [0, 0.1) is 0 Å². The molecule has 0 radical (unpaired) electrons. The molecule has 0 saturated carbocycles. The van der Waals surface area contributed by atoms with E-state index in [0.717, 1.165) is 5.56 Å². The average Bonchev–Trinajstić information content (AvgIpc) is 3.03. The Hall–Kier alpha value is -2.86. The van der Waals surface area contributed by atoms with Gasteiger partial charge < -0.3 is 10.1 Å². The number of anilines is 1. The molecule has 0 atom stereocenters. The lowest BCUT2D eigenvalue weighted by Crippen LogP contribution is -2.20. The van der Waals surface area contributed by atoms with E-state index in [-0.39, 0.29) is 18.3 Å². The zero-order chi connectivity index (χ0) is 16.1. The summed E-state index contributed by atoms with van der Waals surface area (Å²) in [6, 6.07) is 16.0. The van der Waals surface area contributed by atoms with Crippen LogP contribution in [0.2, 0.25) is 5.02 Å². The molecule has 1 aromatic heterocycles. The predicted molar refractivity (Wildman–Crippen MR) is 85.3 cm³/mol. The molecule has 116 valence electrons. The highest BCUT2D eigenvalue weighted by Crippen LogP contribution is 2.25. The summed E-state index contributed by atoms with van der Waals surface area (Å²) < 4.78 is 10.1. The maximum Gasteiger partial charge on any atom is 0.263 e. The van der Waals surface area contributed by atoms with Gasteiger partial charge in [-0.05, 0) is 34.6 Å². The number of hydrogen-bond acceptors (Lipinski definition) is 5. The van der Waals surface area contributed by atoms with Crippen molar-refractivity contribution in [1.29, 1.82) is 0 Å². The summed E-state index contributed by atoms with van der Waals surface area (Å²) >= 11 is 5.85. The summed E-state index contributed by atoms with van der Waals surface area (Å²) in [7, 11) is 0. The smallest absolute Gasteiger partial charge is 0.263 e. The van der Waals surface area contributed by atoms with E-state index in [1.54, 1.807) is 36.4 Å². The topological polar surface area (TPSA) is 77.2 Å². The summed E-state index contributed by atoms with van der Waals surface area (Å²) in [5, 5.41) is 10.7. The molecule has 1 heterocycles. The molecule has 0 aliphatic carbocycles. The minimum atomic E-state index is -0.361. The van der Waals surface area contributed by atoms with E-state index in [9.17, 15) is 4.79 Å². The number of ether oxygens (including phenoxy) is 1. The van der Waals surface area contributed by atoms with Crippen molar-refractivity contribution in [2.75, 3.05) is 11.9 Å². The number of hydrogen-bond donors (Lipinski definition) is 1. The van der Waals surface area contributed by atoms with Gasteiger partial charge in [0.2, 0.25) is 5.82 Å². The SMILES string of the molecule is O=C(COc1ccccc1)Nc1nonc1-c1ccc(Cl)cc1. The van der Waals surface area contributed by atoms with Crippen LogP contribution >= 0.6 is 11.6 Å². The summed E-state index contributed by atoms with van der Waals surface area (Å²) in [5.41, 5.74) is 1.16. The van der Waals surface area contributed by atoms with Crippen molar-refractivity contribution in [1.82, 2.24) is 10.3 Å². The third kappa shape index (κ3) is 3.87. The zero-order valence-corrected chi connectivity index (χ0v) is 12.7. The number of nitrogens with one attached hydrogen (secondary N) is 1. The second-order valence-electron chi connectivity index (χ2n) is 4.62. The summed E-state index contributed by atoms with van der Waals surface area (Å²) in [6.07, 6.45) is 0. The lowest BCUT2D eigenvalue weighted by atomic mass is 10.1. The van der Waals surface area contributed by atoms with Gasteiger partial charge in [0.15, 0.2) is 12.3 Å². The Morgan fingerprint density at radius 2 is 1.83 bits per heavy atom. The van der Waals surface area contributed by atoms with E-state index in [2.05, 4.69) is 15.6 Å². The van der Waals surface area contributed by atoms with Gasteiger partial charge >= 0.3 is 0 Å². The van der Waals surface area contributed by atoms with Gasteiger partial charge in [0.25, 0.3) is 5.91 Å². The first kappa shape index (κ1) is 15.1. The maximum absolute atomic E-state index is 12.0. The molecule has 6 nitrogen and oxygen atoms in total. The molecule has 0 bridgehead atoms. The molecule has 23 heavy (non-hydrogen) atoms. The third-order valence-electron chi connectivity index (χ3n) is 2.98. The van der Waals surface area contributed by atoms with Crippen LogP contribution in [0.4, 0.5) is 5.82 Å². The molecule has 0 aliphatic rings. The molecule has 3 aromatic rings. The van der Waals surface area contributed by atoms with Crippen LogP contribution in [-0.4, -0.2) is 22.8 Å². The second-order valence-corrected chi connectivity index (χ2v) is 5.05. The standard InChI is InChI=1S/C16H12ClN3O3/c17-12-8-6-11(7-9-12)15-16(20-23-19-15)18-14(21)10-22-13-4-2-1-3-5-13/h1-9H,10H2,(H,18,20,21). The normalized spacial score (nSPS) is 10.3. The van der Waals surface area contributed by atoms with Crippen LogP contribution in [0.25, 0.3) is 11.3 Å². The zero-order valence-electron chi connectivity index (χ0n) is 11.9. The Morgan fingerprint density at radius 3 is 2.57 bits per heavy atom. The quantitative estimate of drug-likeness (QED) is 0.776. The van der Waals surface area contributed by atoms with Crippen LogP contribution in [0.5, 0.6) is 5.75 Å². The van der Waals surface area contributed by atoms with Crippen LogP contribution in [0.1, 0.15) is 0 Å². The molecule has 0 saturated heterocycles. The van der Waals surface area contributed by atoms with Crippen molar-refractivity contribution in [2.24, 2.45) is 0 Å². The molecule has 3 rings (SSSR count). The van der Waals surface area contributed by atoms with Crippen molar-refractivity contribution in [3.05, 3.63) is 59.6 Å². The first-order valence-electron chi connectivity index (χ1n) is 6.78. The lowest BCUT2D eigenvalue weighted by Gasteiger charge is -2.06. The van der Waals surface area contributed by atoms with Crippen LogP contribution < -0.4 is 10.1 Å². The van der Waals surface area contributed by atoms with E-state index in [0.29, 0.717) is 16.5 Å². The highest BCUT2D eigenvalue weighted by atomic mass is 35.5. The second kappa shape index (κ2) is 6.93. The molecule has 0 fully saturated rings. The number of carbonyl (C=O) groups excluding carboxylic acids is 1. The number of nitrogens with zero attached hydrogens (tertiary/aromatic N) is 2.